The summed E-state index contributed by atoms with van der Waals surface area (Å²) < 4.78 is 0. The molecule has 0 spiro atoms. The first kappa shape index (κ1) is 10.2. The van der Waals surface area contributed by atoms with E-state index in [9.17, 15) is 9.59 Å². The largest absolute Gasteiger partial charge is 0.478 e. The van der Waals surface area contributed by atoms with Crippen molar-refractivity contribution in [2.75, 3.05) is 18.4 Å². The molecule has 0 radical (unpaired) electrons. The van der Waals surface area contributed by atoms with Gasteiger partial charge in [0.2, 0.25) is 0 Å². The van der Waals surface area contributed by atoms with Gasteiger partial charge in [-0.1, -0.05) is 0 Å². The van der Waals surface area contributed by atoms with Crippen LogP contribution in [0.15, 0.2) is 22.1 Å². The van der Waals surface area contributed by atoms with Crippen molar-refractivity contribution < 1.29 is 9.90 Å². The number of pyridine rings is 1. The predicted octanol–water partition coefficient (Wildman–Crippen LogP) is -0.556. The molecule has 1 aliphatic rings. The molecule has 84 valence electrons. The molecule has 0 atom stereocenters. The van der Waals surface area contributed by atoms with Gasteiger partial charge in [-0.3, -0.25) is 9.79 Å². The van der Waals surface area contributed by atoms with Gasteiger partial charge in [-0.25, -0.2) is 4.79 Å². The van der Waals surface area contributed by atoms with Crippen molar-refractivity contribution in [1.29, 1.82) is 0 Å². The summed E-state index contributed by atoms with van der Waals surface area (Å²) in [4.78, 5) is 28.5. The summed E-state index contributed by atoms with van der Waals surface area (Å²) in [5.74, 6) is -0.617. The van der Waals surface area contributed by atoms with Gasteiger partial charge in [0.15, 0.2) is 5.96 Å². The first-order chi connectivity index (χ1) is 7.66. The number of nitrogens with one attached hydrogen (secondary N) is 3. The first-order valence-electron chi connectivity index (χ1n) is 4.68. The zero-order chi connectivity index (χ0) is 11.5. The third-order valence-electron chi connectivity index (χ3n) is 2.08. The lowest BCUT2D eigenvalue weighted by atomic mass is 10.2. The summed E-state index contributed by atoms with van der Waals surface area (Å²) in [5, 5.41) is 14.4. The fourth-order valence-electron chi connectivity index (χ4n) is 1.31. The maximum absolute atomic E-state index is 11.4. The number of aliphatic imine (C=N–C) groups is 1. The molecule has 0 unspecified atom stereocenters. The molecule has 0 saturated carbocycles. The zero-order valence-electron chi connectivity index (χ0n) is 8.28. The topological polar surface area (TPSA) is 107 Å². The molecule has 0 aliphatic carbocycles. The first-order valence-corrected chi connectivity index (χ1v) is 4.68. The van der Waals surface area contributed by atoms with Crippen LogP contribution in [0.25, 0.3) is 0 Å². The lowest BCUT2D eigenvalue weighted by Gasteiger charge is -2.05. The average Bonchev–Trinajstić information content (AvgIpc) is 2.73. The van der Waals surface area contributed by atoms with E-state index < -0.39 is 5.97 Å². The molecule has 16 heavy (non-hydrogen) atoms. The summed E-state index contributed by atoms with van der Waals surface area (Å²) in [6.45, 7) is 1.34. The summed E-state index contributed by atoms with van der Waals surface area (Å²) in [6.07, 6.45) is 1.15. The Balaban J connectivity index is 2.28. The summed E-state index contributed by atoms with van der Waals surface area (Å²) >= 11 is 0. The fourth-order valence-corrected chi connectivity index (χ4v) is 1.31. The number of anilines is 1. The van der Waals surface area contributed by atoms with E-state index in [1.165, 1.54) is 6.07 Å². The van der Waals surface area contributed by atoms with E-state index in [0.717, 1.165) is 6.20 Å². The minimum Gasteiger partial charge on any atom is -0.478 e. The van der Waals surface area contributed by atoms with Crippen LogP contribution in [0, 0.1) is 0 Å². The highest BCUT2D eigenvalue weighted by Gasteiger charge is 2.10. The Morgan fingerprint density at radius 3 is 3.00 bits per heavy atom. The van der Waals surface area contributed by atoms with Gasteiger partial charge >= 0.3 is 5.97 Å². The number of carboxylic acid groups (broad SMARTS) is 1. The number of carbonyl (C=O) groups is 1. The van der Waals surface area contributed by atoms with Crippen LogP contribution in [0.2, 0.25) is 0 Å². The number of guanidine groups is 1. The van der Waals surface area contributed by atoms with Gasteiger partial charge in [0, 0.05) is 12.7 Å². The van der Waals surface area contributed by atoms with Crippen LogP contribution in [0.3, 0.4) is 0 Å². The lowest BCUT2D eigenvalue weighted by molar-refractivity contribution is 0.0696. The molecule has 0 fully saturated rings. The number of hydrogen-bond acceptors (Lipinski definition) is 5. The molecular formula is C9H10N4O3. The molecule has 1 aromatic rings. The van der Waals surface area contributed by atoms with Crippen molar-refractivity contribution in [2.24, 2.45) is 4.99 Å². The van der Waals surface area contributed by atoms with Crippen molar-refractivity contribution in [3.05, 3.63) is 28.2 Å². The van der Waals surface area contributed by atoms with E-state index in [0.29, 0.717) is 19.0 Å². The van der Waals surface area contributed by atoms with Crippen LogP contribution in [-0.4, -0.2) is 35.1 Å². The molecule has 7 heteroatoms. The number of rotatable bonds is 2. The second kappa shape index (κ2) is 4.05. The van der Waals surface area contributed by atoms with Crippen LogP contribution in [-0.2, 0) is 0 Å². The average molecular weight is 222 g/mol. The van der Waals surface area contributed by atoms with Gasteiger partial charge in [0.25, 0.3) is 5.56 Å². The van der Waals surface area contributed by atoms with Gasteiger partial charge in [0.1, 0.15) is 5.69 Å². The van der Waals surface area contributed by atoms with E-state index >= 15 is 0 Å². The smallest absolute Gasteiger partial charge is 0.337 e. The van der Waals surface area contributed by atoms with Gasteiger partial charge < -0.3 is 20.7 Å². The van der Waals surface area contributed by atoms with Gasteiger partial charge in [-0.05, 0) is 6.07 Å². The molecule has 0 saturated heterocycles. The molecule has 0 amide bonds. The molecular weight excluding hydrogens is 212 g/mol. The Bertz CT molecular complexity index is 506. The molecule has 4 N–H and O–H groups in total. The Morgan fingerprint density at radius 2 is 2.38 bits per heavy atom. The van der Waals surface area contributed by atoms with Crippen LogP contribution >= 0.6 is 0 Å². The second-order valence-corrected chi connectivity index (χ2v) is 3.22. The SMILES string of the molecule is O=C(O)c1c[nH]c(=O)c(NC2=NCCN2)c1. The van der Waals surface area contributed by atoms with E-state index in [1.54, 1.807) is 0 Å². The van der Waals surface area contributed by atoms with E-state index in [1.807, 2.05) is 0 Å². The molecule has 1 aromatic heterocycles. The monoisotopic (exact) mass is 222 g/mol. The van der Waals surface area contributed by atoms with Crippen molar-refractivity contribution in [2.45, 2.75) is 0 Å². The Labute approximate surface area is 90.2 Å². The third kappa shape index (κ3) is 2.02. The summed E-state index contributed by atoms with van der Waals surface area (Å²) in [6, 6.07) is 1.27. The van der Waals surface area contributed by atoms with Gasteiger partial charge in [-0.15, -0.1) is 0 Å². The van der Waals surface area contributed by atoms with Crippen molar-refractivity contribution in [3.8, 4) is 0 Å². The maximum atomic E-state index is 11.4. The second-order valence-electron chi connectivity index (χ2n) is 3.22. The quantitative estimate of drug-likeness (QED) is 0.537. The highest BCUT2D eigenvalue weighted by molar-refractivity contribution is 5.96. The highest BCUT2D eigenvalue weighted by Crippen LogP contribution is 2.04. The molecule has 1 aliphatic heterocycles. The van der Waals surface area contributed by atoms with Crippen LogP contribution in [0.1, 0.15) is 10.4 Å². The van der Waals surface area contributed by atoms with Gasteiger partial charge in [0.05, 0.1) is 12.1 Å². The molecule has 2 heterocycles. The number of H-pyrrole nitrogens is 1. The van der Waals surface area contributed by atoms with E-state index in [2.05, 4.69) is 20.6 Å². The standard InChI is InChI=1S/C9H10N4O3/c14-7-6(13-9-10-1-2-11-9)3-5(4-12-7)8(15)16/h3-4H,1-2H2,(H,12,14)(H,15,16)(H2,10,11,13). The number of aromatic amines is 1. The minimum absolute atomic E-state index is 0.0145. The number of carboxylic acids is 1. The maximum Gasteiger partial charge on any atom is 0.337 e. The summed E-state index contributed by atoms with van der Waals surface area (Å²) in [5.41, 5.74) is -0.213. The van der Waals surface area contributed by atoms with Crippen LogP contribution < -0.4 is 16.2 Å². The Morgan fingerprint density at radius 1 is 1.56 bits per heavy atom. The highest BCUT2D eigenvalue weighted by atomic mass is 16.4. The lowest BCUT2D eigenvalue weighted by Crippen LogP contribution is -2.29. The Kier molecular flexibility index (Phi) is 2.59. The fraction of sp³-hybridized carbons (Fsp3) is 0.222. The van der Waals surface area contributed by atoms with Crippen LogP contribution in [0.5, 0.6) is 0 Å². The van der Waals surface area contributed by atoms with E-state index in [4.69, 9.17) is 5.11 Å². The third-order valence-corrected chi connectivity index (χ3v) is 2.08. The number of hydrogen-bond donors (Lipinski definition) is 4. The van der Waals surface area contributed by atoms with Crippen molar-refractivity contribution in [1.82, 2.24) is 10.3 Å². The predicted molar refractivity (Wildman–Crippen MR) is 57.9 cm³/mol. The zero-order valence-corrected chi connectivity index (χ0v) is 8.28. The molecule has 2 rings (SSSR count). The number of aromatic carboxylic acids is 1. The molecule has 0 bridgehead atoms. The van der Waals surface area contributed by atoms with E-state index in [-0.39, 0.29) is 16.8 Å². The minimum atomic E-state index is -1.10. The molecule has 7 nitrogen and oxygen atoms in total. The normalized spacial score (nSPS) is 14.1. The Hall–Kier alpha value is -2.31. The van der Waals surface area contributed by atoms with Crippen molar-refractivity contribution >= 4 is 17.6 Å². The van der Waals surface area contributed by atoms with Crippen LogP contribution in [0.4, 0.5) is 5.69 Å². The number of nitrogens with zero attached hydrogens (tertiary/aromatic N) is 1. The van der Waals surface area contributed by atoms with Gasteiger partial charge in [-0.2, -0.15) is 0 Å². The molecule has 0 aromatic carbocycles. The summed E-state index contributed by atoms with van der Waals surface area (Å²) in [7, 11) is 0. The number of aromatic nitrogens is 1. The van der Waals surface area contributed by atoms with Crippen molar-refractivity contribution in [3.63, 3.8) is 0 Å².